The molecule has 0 aliphatic rings. The van der Waals surface area contributed by atoms with Crippen LogP contribution in [0.2, 0.25) is 0 Å². The van der Waals surface area contributed by atoms with E-state index >= 15 is 0 Å². The number of halogens is 1. The van der Waals surface area contributed by atoms with Crippen molar-refractivity contribution in [3.05, 3.63) is 19.9 Å². The molecule has 1 aromatic heterocycles. The molecule has 1 heterocycles. The molecule has 0 saturated carbocycles. The van der Waals surface area contributed by atoms with Crippen LogP contribution in [0.25, 0.3) is 0 Å². The van der Waals surface area contributed by atoms with E-state index in [-0.39, 0.29) is 5.91 Å². The summed E-state index contributed by atoms with van der Waals surface area (Å²) in [6.45, 7) is 0. The first-order chi connectivity index (χ1) is 4.74. The Bertz CT molecular complexity index is 246. The summed E-state index contributed by atoms with van der Waals surface area (Å²) in [5.41, 5.74) is 0.747. The fraction of sp³-hybridized carbons (Fsp3) is 0.167. The second-order valence-electron chi connectivity index (χ2n) is 1.72. The third kappa shape index (κ3) is 1.69. The van der Waals surface area contributed by atoms with Crippen molar-refractivity contribution in [3.63, 3.8) is 0 Å². The fourth-order valence-corrected chi connectivity index (χ4v) is 1.90. The number of hydrogen-bond acceptors (Lipinski definition) is 2. The molecular weight excluding hydrogens is 261 g/mol. The van der Waals surface area contributed by atoms with E-state index < -0.39 is 0 Å². The van der Waals surface area contributed by atoms with Crippen molar-refractivity contribution in [2.45, 2.75) is 0 Å². The number of thiophene rings is 1. The van der Waals surface area contributed by atoms with Gasteiger partial charge in [-0.05, 0) is 28.7 Å². The topological polar surface area (TPSA) is 29.1 Å². The van der Waals surface area contributed by atoms with Gasteiger partial charge in [-0.15, -0.1) is 11.3 Å². The Labute approximate surface area is 76.8 Å². The van der Waals surface area contributed by atoms with Gasteiger partial charge in [-0.2, -0.15) is 0 Å². The van der Waals surface area contributed by atoms with E-state index in [9.17, 15) is 4.79 Å². The van der Waals surface area contributed by atoms with Crippen LogP contribution in [0.1, 0.15) is 10.4 Å². The SMILES string of the molecule is CNC(=O)c1csc(I)c1. The highest BCUT2D eigenvalue weighted by molar-refractivity contribution is 14.1. The minimum absolute atomic E-state index is 0.0147. The summed E-state index contributed by atoms with van der Waals surface area (Å²) in [7, 11) is 1.63. The molecule has 2 nitrogen and oxygen atoms in total. The van der Waals surface area contributed by atoms with Crippen molar-refractivity contribution in [2.24, 2.45) is 0 Å². The number of rotatable bonds is 1. The largest absolute Gasteiger partial charge is 0.355 e. The predicted octanol–water partition coefficient (Wildman–Crippen LogP) is 1.71. The molecule has 0 unspecified atom stereocenters. The molecule has 1 aromatic rings. The normalized spacial score (nSPS) is 9.40. The average Bonchev–Trinajstić information content (AvgIpc) is 2.34. The van der Waals surface area contributed by atoms with Crippen molar-refractivity contribution in [1.82, 2.24) is 5.32 Å². The van der Waals surface area contributed by atoms with Gasteiger partial charge in [0.15, 0.2) is 0 Å². The maximum absolute atomic E-state index is 10.9. The van der Waals surface area contributed by atoms with E-state index in [1.165, 1.54) is 0 Å². The van der Waals surface area contributed by atoms with Gasteiger partial charge in [0.25, 0.3) is 5.91 Å². The van der Waals surface area contributed by atoms with Gasteiger partial charge in [-0.1, -0.05) is 0 Å². The number of amides is 1. The van der Waals surface area contributed by atoms with Crippen LogP contribution in [-0.2, 0) is 0 Å². The van der Waals surface area contributed by atoms with Gasteiger partial charge in [0, 0.05) is 12.4 Å². The van der Waals surface area contributed by atoms with Crippen LogP contribution in [0.15, 0.2) is 11.4 Å². The highest BCUT2D eigenvalue weighted by atomic mass is 127. The highest BCUT2D eigenvalue weighted by Gasteiger charge is 2.03. The van der Waals surface area contributed by atoms with Crippen molar-refractivity contribution in [2.75, 3.05) is 7.05 Å². The van der Waals surface area contributed by atoms with Crippen LogP contribution in [-0.4, -0.2) is 13.0 Å². The van der Waals surface area contributed by atoms with Gasteiger partial charge < -0.3 is 5.32 Å². The van der Waals surface area contributed by atoms with E-state index in [1.807, 2.05) is 11.4 Å². The lowest BCUT2D eigenvalue weighted by Gasteiger charge is -1.91. The van der Waals surface area contributed by atoms with Gasteiger partial charge in [-0.3, -0.25) is 4.79 Å². The summed E-state index contributed by atoms with van der Waals surface area (Å²) in [6.07, 6.45) is 0. The van der Waals surface area contributed by atoms with Gasteiger partial charge in [-0.25, -0.2) is 0 Å². The first-order valence-electron chi connectivity index (χ1n) is 2.70. The zero-order valence-electron chi connectivity index (χ0n) is 5.35. The summed E-state index contributed by atoms with van der Waals surface area (Å²) in [5, 5.41) is 4.41. The molecule has 1 amide bonds. The average molecular weight is 267 g/mol. The van der Waals surface area contributed by atoms with E-state index in [0.29, 0.717) is 0 Å². The Morgan fingerprint density at radius 1 is 1.80 bits per heavy atom. The van der Waals surface area contributed by atoms with Crippen molar-refractivity contribution in [1.29, 1.82) is 0 Å². The first kappa shape index (κ1) is 8.00. The van der Waals surface area contributed by atoms with Crippen molar-refractivity contribution < 1.29 is 4.79 Å². The molecule has 0 fully saturated rings. The third-order valence-electron chi connectivity index (χ3n) is 1.06. The minimum atomic E-state index is -0.0147. The van der Waals surface area contributed by atoms with Gasteiger partial charge in [0.2, 0.25) is 0 Å². The fourth-order valence-electron chi connectivity index (χ4n) is 0.573. The number of carbonyl (C=O) groups excluding carboxylic acids is 1. The molecule has 4 heteroatoms. The third-order valence-corrected chi connectivity index (χ3v) is 2.85. The molecular formula is C6H6INOS. The highest BCUT2D eigenvalue weighted by Crippen LogP contribution is 2.15. The molecule has 1 N–H and O–H groups in total. The second kappa shape index (κ2) is 3.34. The van der Waals surface area contributed by atoms with Gasteiger partial charge >= 0.3 is 0 Å². The summed E-state index contributed by atoms with van der Waals surface area (Å²) in [6, 6.07) is 1.87. The number of nitrogens with one attached hydrogen (secondary N) is 1. The summed E-state index contributed by atoms with van der Waals surface area (Å²) < 4.78 is 1.14. The predicted molar refractivity (Wildman–Crippen MR) is 50.4 cm³/mol. The lowest BCUT2D eigenvalue weighted by molar-refractivity contribution is 0.0963. The van der Waals surface area contributed by atoms with E-state index in [1.54, 1.807) is 18.4 Å². The second-order valence-corrected chi connectivity index (χ2v) is 4.52. The standard InChI is InChI=1S/C6H6INOS/c1-8-6(9)4-2-5(7)10-3-4/h2-3H,1H3,(H,8,9). The molecule has 10 heavy (non-hydrogen) atoms. The number of carbonyl (C=O) groups is 1. The van der Waals surface area contributed by atoms with Crippen molar-refractivity contribution >= 4 is 39.8 Å². The molecule has 0 spiro atoms. The summed E-state index contributed by atoms with van der Waals surface area (Å²) in [4.78, 5) is 10.9. The summed E-state index contributed by atoms with van der Waals surface area (Å²) in [5.74, 6) is -0.0147. The molecule has 0 atom stereocenters. The molecule has 0 radical (unpaired) electrons. The van der Waals surface area contributed by atoms with Crippen LogP contribution in [0, 0.1) is 2.88 Å². The monoisotopic (exact) mass is 267 g/mol. The molecule has 0 bridgehead atoms. The maximum atomic E-state index is 10.9. The molecule has 1 rings (SSSR count). The Balaban J connectivity index is 2.85. The van der Waals surface area contributed by atoms with Gasteiger partial charge in [0.1, 0.15) is 0 Å². The zero-order chi connectivity index (χ0) is 7.56. The Hall–Kier alpha value is -0.100. The molecule has 0 aliphatic carbocycles. The Kier molecular flexibility index (Phi) is 2.67. The molecule has 0 saturated heterocycles. The van der Waals surface area contributed by atoms with Gasteiger partial charge in [0.05, 0.1) is 8.45 Å². The lowest BCUT2D eigenvalue weighted by atomic mass is 10.3. The Morgan fingerprint density at radius 2 is 2.50 bits per heavy atom. The molecule has 0 aromatic carbocycles. The van der Waals surface area contributed by atoms with Crippen molar-refractivity contribution in [3.8, 4) is 0 Å². The van der Waals surface area contributed by atoms with E-state index in [2.05, 4.69) is 27.9 Å². The summed E-state index contributed by atoms with van der Waals surface area (Å²) >= 11 is 3.76. The maximum Gasteiger partial charge on any atom is 0.251 e. The van der Waals surface area contributed by atoms with Crippen LogP contribution in [0.5, 0.6) is 0 Å². The first-order valence-corrected chi connectivity index (χ1v) is 4.66. The molecule has 0 aliphatic heterocycles. The lowest BCUT2D eigenvalue weighted by Crippen LogP contribution is -2.16. The molecule has 54 valence electrons. The van der Waals surface area contributed by atoms with Crippen LogP contribution in [0.3, 0.4) is 0 Å². The van der Waals surface area contributed by atoms with Crippen LogP contribution >= 0.6 is 33.9 Å². The zero-order valence-corrected chi connectivity index (χ0v) is 8.32. The van der Waals surface area contributed by atoms with Crippen LogP contribution in [0.4, 0.5) is 0 Å². The quantitative estimate of drug-likeness (QED) is 0.771. The number of hydrogen-bond donors (Lipinski definition) is 1. The minimum Gasteiger partial charge on any atom is -0.355 e. The smallest absolute Gasteiger partial charge is 0.251 e. The Morgan fingerprint density at radius 3 is 2.90 bits per heavy atom. The van der Waals surface area contributed by atoms with E-state index in [4.69, 9.17) is 0 Å². The van der Waals surface area contributed by atoms with E-state index in [0.717, 1.165) is 8.45 Å². The van der Waals surface area contributed by atoms with Crippen LogP contribution < -0.4 is 5.32 Å².